The summed E-state index contributed by atoms with van der Waals surface area (Å²) in [6, 6.07) is 14.6. The molecule has 5 rings (SSSR count). The van der Waals surface area contributed by atoms with Crippen molar-refractivity contribution >= 4 is 29.2 Å². The molecule has 1 fully saturated rings. The van der Waals surface area contributed by atoms with Crippen LogP contribution in [0.15, 0.2) is 79.5 Å². The Balaban J connectivity index is 1.43. The van der Waals surface area contributed by atoms with E-state index in [0.717, 1.165) is 28.0 Å². The Morgan fingerprint density at radius 3 is 2.61 bits per heavy atom. The number of nitrogens with one attached hydrogen (secondary N) is 4. The molecular weight excluding hydrogens is 648 g/mol. The van der Waals surface area contributed by atoms with Crippen LogP contribution in [0.1, 0.15) is 59.4 Å². The second-order valence-corrected chi connectivity index (χ2v) is 12.9. The molecule has 12 heteroatoms. The Labute approximate surface area is 298 Å². The minimum atomic E-state index is -0.953. The number of allylic oxidation sites excluding steroid dienone is 1. The molecular formula is C39H48N6O6. The van der Waals surface area contributed by atoms with Gasteiger partial charge >= 0.3 is 6.03 Å². The van der Waals surface area contributed by atoms with Gasteiger partial charge in [-0.15, -0.1) is 6.58 Å². The maximum absolute atomic E-state index is 14.5. The molecule has 1 saturated heterocycles. The van der Waals surface area contributed by atoms with Crippen molar-refractivity contribution in [3.05, 3.63) is 107 Å². The van der Waals surface area contributed by atoms with E-state index in [1.54, 1.807) is 41.4 Å². The number of benzene rings is 2. The van der Waals surface area contributed by atoms with Gasteiger partial charge < -0.3 is 40.6 Å². The lowest BCUT2D eigenvalue weighted by molar-refractivity contribution is -0.155. The van der Waals surface area contributed by atoms with E-state index < -0.39 is 18.2 Å². The van der Waals surface area contributed by atoms with Crippen LogP contribution in [0.25, 0.3) is 5.57 Å². The number of hydrogen-bond acceptors (Lipinski definition) is 7. The summed E-state index contributed by atoms with van der Waals surface area (Å²) in [7, 11) is 0. The Kier molecular flexibility index (Phi) is 12.8. The number of ketones is 1. The molecule has 51 heavy (non-hydrogen) atoms. The highest BCUT2D eigenvalue weighted by Gasteiger charge is 2.44. The molecule has 0 radical (unpaired) electrons. The number of Topliss-reactive ketones (excluding diaryl/α,β-unsaturated/α-hetero) is 1. The Hall–Kier alpha value is -5.20. The van der Waals surface area contributed by atoms with Gasteiger partial charge in [-0.25, -0.2) is 4.79 Å². The van der Waals surface area contributed by atoms with Gasteiger partial charge in [-0.05, 0) is 61.1 Å². The number of nitrogens with zero attached hydrogens (tertiary/aromatic N) is 2. The second kappa shape index (κ2) is 17.6. The summed E-state index contributed by atoms with van der Waals surface area (Å²) in [5, 5.41) is 18.8. The number of aromatic hydroxyl groups is 1. The monoisotopic (exact) mass is 696 g/mol. The lowest BCUT2D eigenvalue weighted by Crippen LogP contribution is -2.70. The average Bonchev–Trinajstić information content (AvgIpc) is 3.56. The molecule has 2 aromatic carbocycles. The molecule has 0 spiro atoms. The number of fused-ring (bicyclic) bond motifs is 1. The number of aromatic amines is 1. The first-order valence-electron chi connectivity index (χ1n) is 17.5. The summed E-state index contributed by atoms with van der Waals surface area (Å²) < 4.78 is 5.60. The van der Waals surface area contributed by atoms with E-state index >= 15 is 0 Å². The van der Waals surface area contributed by atoms with Gasteiger partial charge in [0.05, 0.1) is 19.2 Å². The van der Waals surface area contributed by atoms with E-state index in [-0.39, 0.29) is 68.5 Å². The molecule has 4 amide bonds. The number of H-pyrrole nitrogens is 1. The highest BCUT2D eigenvalue weighted by Crippen LogP contribution is 2.32. The molecule has 2 heterocycles. The van der Waals surface area contributed by atoms with E-state index in [1.807, 2.05) is 44.2 Å². The summed E-state index contributed by atoms with van der Waals surface area (Å²) >= 11 is 0. The third kappa shape index (κ3) is 9.53. The van der Waals surface area contributed by atoms with Crippen LogP contribution >= 0.6 is 0 Å². The first kappa shape index (κ1) is 37.1. The summed E-state index contributed by atoms with van der Waals surface area (Å²) in [5.41, 5.74) is 4.89. The normalized spacial score (nSPS) is 17.7. The van der Waals surface area contributed by atoms with E-state index in [4.69, 9.17) is 4.74 Å². The van der Waals surface area contributed by atoms with Crippen LogP contribution in [0.5, 0.6) is 5.75 Å². The molecule has 12 nitrogen and oxygen atoms in total. The first-order valence-corrected chi connectivity index (χ1v) is 17.5. The van der Waals surface area contributed by atoms with Crippen molar-refractivity contribution in [2.24, 2.45) is 0 Å². The molecule has 3 aromatic rings. The minimum Gasteiger partial charge on any atom is -0.508 e. The van der Waals surface area contributed by atoms with Crippen LogP contribution in [0.2, 0.25) is 0 Å². The quantitative estimate of drug-likeness (QED) is 0.0864. The number of piperazine rings is 1. The van der Waals surface area contributed by atoms with Crippen LogP contribution in [0.3, 0.4) is 0 Å². The van der Waals surface area contributed by atoms with Gasteiger partial charge in [0.1, 0.15) is 18.0 Å². The zero-order chi connectivity index (χ0) is 36.3. The van der Waals surface area contributed by atoms with E-state index in [2.05, 4.69) is 33.6 Å². The fourth-order valence-electron chi connectivity index (χ4n) is 6.74. The summed E-state index contributed by atoms with van der Waals surface area (Å²) in [4.78, 5) is 61.4. The van der Waals surface area contributed by atoms with Crippen LogP contribution in [-0.4, -0.2) is 94.6 Å². The number of rotatable bonds is 16. The summed E-state index contributed by atoms with van der Waals surface area (Å²) in [6.07, 6.45) is 6.22. The topological polar surface area (TPSA) is 156 Å². The molecule has 3 atom stereocenters. The number of carbonyl (C=O) groups excluding carboxylic acids is 4. The standard InChI is InChI=1S/C39H48N6O6/c1-4-18-40-23-36(48)45-33(20-27-14-16-30(46)17-15-27)38(49)44(25-35(45)43-39(50)42-21-28-10-7-6-8-11-28)24-29-12-9-13-31-32(22-41-37(29)31)34(47)19-26(3)51-5-2/h4,6-8,10-12,14-17,22,26,33,35,40-41,46H,1,5,9,13,18-21,23-25H2,2-3H3,(H2,42,43,50)/t26?,33-,35+/m0/s1. The first-order chi connectivity index (χ1) is 24.7. The number of urea groups is 1. The lowest BCUT2D eigenvalue weighted by Gasteiger charge is -2.46. The molecule has 1 aliphatic carbocycles. The smallest absolute Gasteiger partial charge is 0.316 e. The number of phenols is 1. The number of ether oxygens (including phenoxy) is 1. The summed E-state index contributed by atoms with van der Waals surface area (Å²) in [5.74, 6) is -0.537. The number of amides is 4. The maximum Gasteiger partial charge on any atom is 0.316 e. The van der Waals surface area contributed by atoms with Crippen LogP contribution in [0.4, 0.5) is 4.79 Å². The Morgan fingerprint density at radius 2 is 1.88 bits per heavy atom. The van der Waals surface area contributed by atoms with Crippen molar-refractivity contribution in [2.45, 2.75) is 64.4 Å². The number of aromatic nitrogens is 1. The van der Waals surface area contributed by atoms with Crippen molar-refractivity contribution in [3.63, 3.8) is 0 Å². The Bertz CT molecular complexity index is 1720. The number of phenolic OH excluding ortho intramolecular Hbond substituents is 1. The van der Waals surface area contributed by atoms with Gasteiger partial charge in [0.15, 0.2) is 5.78 Å². The molecule has 0 bridgehead atoms. The molecule has 1 aliphatic heterocycles. The lowest BCUT2D eigenvalue weighted by atomic mass is 9.91. The average molecular weight is 697 g/mol. The third-order valence-electron chi connectivity index (χ3n) is 9.15. The van der Waals surface area contributed by atoms with E-state index in [1.165, 1.54) is 4.90 Å². The van der Waals surface area contributed by atoms with Crippen molar-refractivity contribution in [1.29, 1.82) is 0 Å². The molecule has 5 N–H and O–H groups in total. The zero-order valence-corrected chi connectivity index (χ0v) is 29.3. The van der Waals surface area contributed by atoms with Crippen LogP contribution in [-0.2, 0) is 33.7 Å². The zero-order valence-electron chi connectivity index (χ0n) is 29.3. The third-order valence-corrected chi connectivity index (χ3v) is 9.15. The van der Waals surface area contributed by atoms with Gasteiger partial charge in [0, 0.05) is 56.5 Å². The minimum absolute atomic E-state index is 0.00251. The number of carbonyl (C=O) groups is 4. The largest absolute Gasteiger partial charge is 0.508 e. The molecule has 1 unspecified atom stereocenters. The number of hydrogen-bond donors (Lipinski definition) is 5. The molecule has 2 aliphatic rings. The van der Waals surface area contributed by atoms with E-state index in [0.29, 0.717) is 31.6 Å². The van der Waals surface area contributed by atoms with E-state index in [9.17, 15) is 24.3 Å². The summed E-state index contributed by atoms with van der Waals surface area (Å²) in [6.45, 7) is 8.88. The van der Waals surface area contributed by atoms with Crippen molar-refractivity contribution in [1.82, 2.24) is 30.7 Å². The van der Waals surface area contributed by atoms with Gasteiger partial charge in [-0.3, -0.25) is 14.4 Å². The van der Waals surface area contributed by atoms with Crippen molar-refractivity contribution in [2.75, 3.05) is 32.8 Å². The maximum atomic E-state index is 14.5. The highest BCUT2D eigenvalue weighted by molar-refractivity contribution is 5.99. The predicted octanol–water partition coefficient (Wildman–Crippen LogP) is 3.93. The highest BCUT2D eigenvalue weighted by atomic mass is 16.5. The van der Waals surface area contributed by atoms with Gasteiger partial charge in [-0.2, -0.15) is 0 Å². The Morgan fingerprint density at radius 1 is 1.12 bits per heavy atom. The van der Waals surface area contributed by atoms with Crippen LogP contribution < -0.4 is 16.0 Å². The fourth-order valence-corrected chi connectivity index (χ4v) is 6.74. The predicted molar refractivity (Wildman–Crippen MR) is 195 cm³/mol. The van der Waals surface area contributed by atoms with Crippen molar-refractivity contribution < 1.29 is 29.0 Å². The second-order valence-electron chi connectivity index (χ2n) is 12.9. The molecule has 1 aromatic heterocycles. The van der Waals surface area contributed by atoms with Crippen LogP contribution in [0, 0.1) is 0 Å². The van der Waals surface area contributed by atoms with Crippen molar-refractivity contribution in [3.8, 4) is 5.75 Å². The van der Waals surface area contributed by atoms with Gasteiger partial charge in [0.25, 0.3) is 0 Å². The SMILES string of the molecule is C=CCNCC(=O)N1[C@@H](NC(=O)NCc2ccccc2)CN(CC2=CCCc3c(C(=O)CC(C)OCC)c[nH]c32)C(=O)[C@@H]1Cc1ccc(O)cc1. The molecule has 270 valence electrons. The fraction of sp³-hybridized carbons (Fsp3) is 0.385. The van der Waals surface area contributed by atoms with Gasteiger partial charge in [-0.1, -0.05) is 54.6 Å². The molecule has 0 saturated carbocycles. The van der Waals surface area contributed by atoms with Gasteiger partial charge in [0.2, 0.25) is 11.8 Å².